The Morgan fingerprint density at radius 1 is 1.47 bits per heavy atom. The van der Waals surface area contributed by atoms with Crippen LogP contribution in [-0.2, 0) is 10.0 Å². The minimum atomic E-state index is -3.79. The van der Waals surface area contributed by atoms with Gasteiger partial charge in [-0.05, 0) is 12.8 Å². The van der Waals surface area contributed by atoms with Crippen LogP contribution in [0.15, 0.2) is 21.9 Å². The van der Waals surface area contributed by atoms with Gasteiger partial charge in [-0.15, -0.1) is 11.3 Å². The molecule has 1 aromatic heterocycles. The molecule has 0 saturated carbocycles. The molecular weight excluding hydrogens is 264 g/mol. The molecule has 1 aromatic rings. The molecule has 0 amide bonds. The lowest BCUT2D eigenvalue weighted by atomic mass is 10.3. The summed E-state index contributed by atoms with van der Waals surface area (Å²) in [5.74, 6) is -1.34. The lowest BCUT2D eigenvalue weighted by Gasteiger charge is -2.11. The fraction of sp³-hybridized carbons (Fsp3) is 0.333. The van der Waals surface area contributed by atoms with Gasteiger partial charge in [0.25, 0.3) is 10.0 Å². The van der Waals surface area contributed by atoms with Crippen LogP contribution in [0.3, 0.4) is 0 Å². The molecule has 0 spiro atoms. The van der Waals surface area contributed by atoms with E-state index in [1.165, 1.54) is 5.51 Å². The summed E-state index contributed by atoms with van der Waals surface area (Å²) < 4.78 is 26.1. The molecule has 1 aliphatic carbocycles. The molecule has 2 N–H and O–H groups in total. The van der Waals surface area contributed by atoms with Crippen molar-refractivity contribution in [3.05, 3.63) is 23.4 Å². The van der Waals surface area contributed by atoms with Crippen molar-refractivity contribution in [2.45, 2.75) is 23.1 Å². The normalized spacial score (nSPS) is 16.5. The van der Waals surface area contributed by atoms with Crippen molar-refractivity contribution in [1.82, 2.24) is 9.71 Å². The zero-order valence-corrected chi connectivity index (χ0v) is 10.3. The molecule has 92 valence electrons. The second-order valence-electron chi connectivity index (χ2n) is 3.55. The third kappa shape index (κ3) is 2.54. The summed E-state index contributed by atoms with van der Waals surface area (Å²) in [6, 6.07) is -0.191. The van der Waals surface area contributed by atoms with E-state index >= 15 is 0 Å². The first-order valence-corrected chi connectivity index (χ1v) is 7.21. The van der Waals surface area contributed by atoms with Gasteiger partial charge < -0.3 is 5.11 Å². The monoisotopic (exact) mass is 274 g/mol. The van der Waals surface area contributed by atoms with Crippen molar-refractivity contribution in [3.8, 4) is 0 Å². The van der Waals surface area contributed by atoms with Crippen LogP contribution >= 0.6 is 11.3 Å². The summed E-state index contributed by atoms with van der Waals surface area (Å²) >= 11 is 0.805. The number of thiazole rings is 1. The molecule has 0 bridgehead atoms. The number of rotatable bonds is 4. The Balaban J connectivity index is 2.25. The molecule has 17 heavy (non-hydrogen) atoms. The number of aromatic nitrogens is 1. The number of carboxylic acids is 1. The Kier molecular flexibility index (Phi) is 3.27. The highest BCUT2D eigenvalue weighted by Crippen LogP contribution is 2.21. The molecule has 1 aliphatic rings. The lowest BCUT2D eigenvalue weighted by Crippen LogP contribution is -2.33. The average molecular weight is 274 g/mol. The average Bonchev–Trinajstić information content (AvgIpc) is 2.84. The number of hydrogen-bond donors (Lipinski definition) is 2. The van der Waals surface area contributed by atoms with Gasteiger partial charge in [0.1, 0.15) is 0 Å². The number of nitrogens with zero attached hydrogens (tertiary/aromatic N) is 1. The molecule has 0 atom stereocenters. The van der Waals surface area contributed by atoms with E-state index in [4.69, 9.17) is 5.11 Å². The molecule has 1 heterocycles. The van der Waals surface area contributed by atoms with Crippen molar-refractivity contribution >= 4 is 27.3 Å². The van der Waals surface area contributed by atoms with Gasteiger partial charge in [0.2, 0.25) is 0 Å². The third-order valence-electron chi connectivity index (χ3n) is 2.31. The van der Waals surface area contributed by atoms with Crippen LogP contribution in [0.1, 0.15) is 23.3 Å². The Morgan fingerprint density at radius 2 is 2.12 bits per heavy atom. The first kappa shape index (κ1) is 12.2. The maximum Gasteiger partial charge on any atom is 0.356 e. The smallest absolute Gasteiger partial charge is 0.356 e. The molecule has 0 unspecified atom stereocenters. The van der Waals surface area contributed by atoms with E-state index < -0.39 is 21.7 Å². The van der Waals surface area contributed by atoms with Gasteiger partial charge >= 0.3 is 5.97 Å². The Morgan fingerprint density at radius 3 is 2.71 bits per heavy atom. The van der Waals surface area contributed by atoms with Crippen molar-refractivity contribution < 1.29 is 18.3 Å². The SMILES string of the molecule is O=C(O)c1ncsc1S(=O)(=O)NC1CC=CC1. The van der Waals surface area contributed by atoms with Crippen molar-refractivity contribution in [1.29, 1.82) is 0 Å². The third-order valence-corrected chi connectivity index (χ3v) is 5.20. The van der Waals surface area contributed by atoms with E-state index in [9.17, 15) is 13.2 Å². The quantitative estimate of drug-likeness (QED) is 0.793. The zero-order valence-electron chi connectivity index (χ0n) is 8.66. The van der Waals surface area contributed by atoms with Crippen molar-refractivity contribution in [2.24, 2.45) is 0 Å². The number of carboxylic acid groups (broad SMARTS) is 1. The molecule has 0 fully saturated rings. The van der Waals surface area contributed by atoms with Gasteiger partial charge in [-0.25, -0.2) is 22.9 Å². The Labute approximate surface area is 102 Å². The summed E-state index contributed by atoms with van der Waals surface area (Å²) in [4.78, 5) is 14.3. The fourth-order valence-electron chi connectivity index (χ4n) is 1.55. The van der Waals surface area contributed by atoms with Crippen LogP contribution in [0, 0.1) is 0 Å². The number of aromatic carboxylic acids is 1. The van der Waals surface area contributed by atoms with Gasteiger partial charge in [-0.1, -0.05) is 12.2 Å². The number of nitrogens with one attached hydrogen (secondary N) is 1. The molecule has 0 saturated heterocycles. The number of carbonyl (C=O) groups is 1. The Hall–Kier alpha value is -1.25. The molecule has 0 aliphatic heterocycles. The largest absolute Gasteiger partial charge is 0.476 e. The summed E-state index contributed by atoms with van der Waals surface area (Å²) in [5.41, 5.74) is 0.790. The van der Waals surface area contributed by atoms with E-state index in [1.807, 2.05) is 12.2 Å². The lowest BCUT2D eigenvalue weighted by molar-refractivity contribution is 0.0687. The predicted octanol–water partition coefficient (Wildman–Crippen LogP) is 0.838. The van der Waals surface area contributed by atoms with Crippen LogP contribution in [0.4, 0.5) is 0 Å². The number of sulfonamides is 1. The summed E-state index contributed by atoms with van der Waals surface area (Å²) in [7, 11) is -3.79. The molecule has 8 heteroatoms. The van der Waals surface area contributed by atoms with E-state index in [2.05, 4.69) is 9.71 Å². The van der Waals surface area contributed by atoms with E-state index in [1.54, 1.807) is 0 Å². The van der Waals surface area contributed by atoms with Gasteiger partial charge in [0, 0.05) is 6.04 Å². The minimum Gasteiger partial charge on any atom is -0.476 e. The van der Waals surface area contributed by atoms with E-state index in [0.717, 1.165) is 11.3 Å². The van der Waals surface area contributed by atoms with Crippen LogP contribution in [0.5, 0.6) is 0 Å². The van der Waals surface area contributed by atoms with Gasteiger partial charge in [0.05, 0.1) is 5.51 Å². The van der Waals surface area contributed by atoms with Crippen LogP contribution in [0.25, 0.3) is 0 Å². The molecule has 0 radical (unpaired) electrons. The highest BCUT2D eigenvalue weighted by Gasteiger charge is 2.28. The first-order chi connectivity index (χ1) is 8.00. The maximum absolute atomic E-state index is 11.9. The topological polar surface area (TPSA) is 96.4 Å². The molecule has 0 aromatic carbocycles. The standard InChI is InChI=1S/C9H10N2O4S2/c12-8(13)7-9(16-5-10-7)17(14,15)11-6-3-1-2-4-6/h1-2,5-6,11H,3-4H2,(H,12,13). The van der Waals surface area contributed by atoms with Crippen LogP contribution in [0.2, 0.25) is 0 Å². The molecule has 6 nitrogen and oxygen atoms in total. The zero-order chi connectivity index (χ0) is 12.5. The summed E-state index contributed by atoms with van der Waals surface area (Å²) in [6.07, 6.45) is 5.02. The van der Waals surface area contributed by atoms with Gasteiger partial charge in [-0.2, -0.15) is 0 Å². The number of hydrogen-bond acceptors (Lipinski definition) is 5. The summed E-state index contributed by atoms with van der Waals surface area (Å²) in [6.45, 7) is 0. The first-order valence-electron chi connectivity index (χ1n) is 4.85. The maximum atomic E-state index is 11.9. The van der Waals surface area contributed by atoms with Gasteiger partial charge in [0.15, 0.2) is 9.90 Å². The second-order valence-corrected chi connectivity index (χ2v) is 6.32. The molecule has 2 rings (SSSR count). The predicted molar refractivity (Wildman–Crippen MR) is 61.6 cm³/mol. The van der Waals surface area contributed by atoms with Gasteiger partial charge in [-0.3, -0.25) is 0 Å². The van der Waals surface area contributed by atoms with Crippen LogP contribution in [-0.4, -0.2) is 30.5 Å². The van der Waals surface area contributed by atoms with E-state index in [0.29, 0.717) is 12.8 Å². The van der Waals surface area contributed by atoms with Crippen molar-refractivity contribution in [2.75, 3.05) is 0 Å². The van der Waals surface area contributed by atoms with Crippen molar-refractivity contribution in [3.63, 3.8) is 0 Å². The molecular formula is C9H10N2O4S2. The Bertz CT molecular complexity index is 553. The highest BCUT2D eigenvalue weighted by molar-refractivity contribution is 7.91. The fourth-order valence-corrected chi connectivity index (χ4v) is 3.97. The van der Waals surface area contributed by atoms with Crippen LogP contribution < -0.4 is 4.72 Å². The van der Waals surface area contributed by atoms with E-state index in [-0.39, 0.29) is 10.3 Å². The summed E-state index contributed by atoms with van der Waals surface area (Å²) in [5, 5.41) is 8.82. The highest BCUT2D eigenvalue weighted by atomic mass is 32.2. The minimum absolute atomic E-state index is 0.191. The second kappa shape index (κ2) is 4.55.